The number of rotatable bonds is 4. The number of likely N-dealkylation sites (tertiary alicyclic amines) is 1. The van der Waals surface area contributed by atoms with Gasteiger partial charge in [-0.15, -0.1) is 0 Å². The van der Waals surface area contributed by atoms with Crippen molar-refractivity contribution in [1.29, 1.82) is 0 Å². The third kappa shape index (κ3) is 3.36. The molecule has 126 valence electrons. The molecule has 5 nitrogen and oxygen atoms in total. The van der Waals surface area contributed by atoms with Crippen molar-refractivity contribution in [2.45, 2.75) is 32.7 Å². The van der Waals surface area contributed by atoms with Gasteiger partial charge in [-0.2, -0.15) is 0 Å². The predicted molar refractivity (Wildman–Crippen MR) is 90.9 cm³/mol. The molecule has 0 N–H and O–H groups in total. The highest BCUT2D eigenvalue weighted by Gasteiger charge is 2.31. The molecule has 0 unspecified atom stereocenters. The molecule has 3 heterocycles. The van der Waals surface area contributed by atoms with E-state index in [2.05, 4.69) is 33.9 Å². The zero-order valence-electron chi connectivity index (χ0n) is 14.1. The zero-order valence-corrected chi connectivity index (χ0v) is 14.1. The van der Waals surface area contributed by atoms with E-state index in [1.54, 1.807) is 6.33 Å². The highest BCUT2D eigenvalue weighted by atomic mass is 16.7. The van der Waals surface area contributed by atoms with Gasteiger partial charge >= 0.3 is 0 Å². The summed E-state index contributed by atoms with van der Waals surface area (Å²) in [4.78, 5) is 10.8. The number of fused-ring (bicyclic) bond motifs is 1. The SMILES string of the molecule is C[C@]1(Cc2ccc3c(c2)OCO3)CCCN(Cc2cncnc2)C1. The Bertz CT molecular complexity index is 707. The maximum atomic E-state index is 5.51. The molecule has 0 saturated carbocycles. The topological polar surface area (TPSA) is 47.5 Å². The molecule has 2 aromatic rings. The highest BCUT2D eigenvalue weighted by Crippen LogP contribution is 2.37. The number of piperidine rings is 1. The summed E-state index contributed by atoms with van der Waals surface area (Å²) in [6, 6.07) is 6.34. The van der Waals surface area contributed by atoms with E-state index in [0.29, 0.717) is 6.79 Å². The first-order chi connectivity index (χ1) is 11.7. The monoisotopic (exact) mass is 325 g/mol. The van der Waals surface area contributed by atoms with Gasteiger partial charge in [0, 0.05) is 31.0 Å². The maximum absolute atomic E-state index is 5.51. The summed E-state index contributed by atoms with van der Waals surface area (Å²) in [5.74, 6) is 1.74. The highest BCUT2D eigenvalue weighted by molar-refractivity contribution is 5.44. The van der Waals surface area contributed by atoms with Crippen molar-refractivity contribution >= 4 is 0 Å². The number of hydrogen-bond acceptors (Lipinski definition) is 5. The van der Waals surface area contributed by atoms with E-state index in [0.717, 1.165) is 37.6 Å². The smallest absolute Gasteiger partial charge is 0.231 e. The van der Waals surface area contributed by atoms with Crippen molar-refractivity contribution in [3.63, 3.8) is 0 Å². The quantitative estimate of drug-likeness (QED) is 0.865. The zero-order chi connectivity index (χ0) is 16.4. The summed E-state index contributed by atoms with van der Waals surface area (Å²) in [7, 11) is 0. The number of hydrogen-bond donors (Lipinski definition) is 0. The van der Waals surface area contributed by atoms with Crippen molar-refractivity contribution in [1.82, 2.24) is 14.9 Å². The first kappa shape index (κ1) is 15.4. The Balaban J connectivity index is 1.44. The van der Waals surface area contributed by atoms with Crippen molar-refractivity contribution in [2.24, 2.45) is 5.41 Å². The van der Waals surface area contributed by atoms with Gasteiger partial charge < -0.3 is 9.47 Å². The Kier molecular flexibility index (Phi) is 4.10. The summed E-state index contributed by atoms with van der Waals surface area (Å²) in [5.41, 5.74) is 2.79. The maximum Gasteiger partial charge on any atom is 0.231 e. The van der Waals surface area contributed by atoms with Crippen LogP contribution < -0.4 is 9.47 Å². The first-order valence-electron chi connectivity index (χ1n) is 8.55. The van der Waals surface area contributed by atoms with E-state index in [9.17, 15) is 0 Å². The fourth-order valence-electron chi connectivity index (χ4n) is 3.92. The lowest BCUT2D eigenvalue weighted by atomic mass is 9.77. The summed E-state index contributed by atoms with van der Waals surface area (Å²) in [5, 5.41) is 0. The second kappa shape index (κ2) is 6.40. The fourth-order valence-corrected chi connectivity index (χ4v) is 3.92. The normalized spacial score (nSPS) is 23.4. The van der Waals surface area contributed by atoms with Crippen LogP contribution in [-0.4, -0.2) is 34.8 Å². The van der Waals surface area contributed by atoms with Crippen molar-refractivity contribution in [3.8, 4) is 11.5 Å². The summed E-state index contributed by atoms with van der Waals surface area (Å²) in [6.07, 6.45) is 8.96. The Hall–Kier alpha value is -2.14. The lowest BCUT2D eigenvalue weighted by Gasteiger charge is -2.40. The second-order valence-corrected chi connectivity index (χ2v) is 7.24. The lowest BCUT2D eigenvalue weighted by Crippen LogP contribution is -2.42. The molecule has 4 rings (SSSR count). The lowest BCUT2D eigenvalue weighted by molar-refractivity contribution is 0.0968. The minimum atomic E-state index is 0.279. The van der Waals surface area contributed by atoms with Crippen LogP contribution in [-0.2, 0) is 13.0 Å². The van der Waals surface area contributed by atoms with Gasteiger partial charge in [0.1, 0.15) is 6.33 Å². The van der Waals surface area contributed by atoms with E-state index in [-0.39, 0.29) is 5.41 Å². The van der Waals surface area contributed by atoms with Crippen LogP contribution in [0.2, 0.25) is 0 Å². The second-order valence-electron chi connectivity index (χ2n) is 7.24. The van der Waals surface area contributed by atoms with Crippen LogP contribution in [0.1, 0.15) is 30.9 Å². The van der Waals surface area contributed by atoms with Crippen LogP contribution in [0.15, 0.2) is 36.9 Å². The molecule has 2 aliphatic rings. The van der Waals surface area contributed by atoms with Gasteiger partial charge in [-0.1, -0.05) is 13.0 Å². The molecular formula is C19H23N3O2. The predicted octanol–water partition coefficient (Wildman–Crippen LogP) is 3.05. The molecule has 24 heavy (non-hydrogen) atoms. The van der Waals surface area contributed by atoms with Gasteiger partial charge in [0.25, 0.3) is 0 Å². The number of benzene rings is 1. The molecule has 2 aliphatic heterocycles. The van der Waals surface area contributed by atoms with Crippen LogP contribution >= 0.6 is 0 Å². The van der Waals surface area contributed by atoms with Crippen LogP contribution in [0.3, 0.4) is 0 Å². The first-order valence-corrected chi connectivity index (χ1v) is 8.55. The minimum Gasteiger partial charge on any atom is -0.454 e. The number of aromatic nitrogens is 2. The average Bonchev–Trinajstić information content (AvgIpc) is 3.03. The van der Waals surface area contributed by atoms with Gasteiger partial charge in [0.15, 0.2) is 11.5 Å². The van der Waals surface area contributed by atoms with Crippen LogP contribution in [0.25, 0.3) is 0 Å². The average molecular weight is 325 g/mol. The van der Waals surface area contributed by atoms with Gasteiger partial charge in [0.05, 0.1) is 0 Å². The molecule has 1 aromatic carbocycles. The van der Waals surface area contributed by atoms with Gasteiger partial charge in [-0.05, 0) is 48.9 Å². The molecule has 0 aliphatic carbocycles. The Morgan fingerprint density at radius 1 is 1.12 bits per heavy atom. The van der Waals surface area contributed by atoms with Crippen molar-refractivity contribution in [2.75, 3.05) is 19.9 Å². The minimum absolute atomic E-state index is 0.279. The molecule has 1 fully saturated rings. The van der Waals surface area contributed by atoms with Crippen LogP contribution in [0.5, 0.6) is 11.5 Å². The Morgan fingerprint density at radius 3 is 2.83 bits per heavy atom. The molecule has 0 spiro atoms. The van der Waals surface area contributed by atoms with Crippen molar-refractivity contribution < 1.29 is 9.47 Å². The Morgan fingerprint density at radius 2 is 1.96 bits per heavy atom. The van der Waals surface area contributed by atoms with Gasteiger partial charge in [-0.25, -0.2) is 9.97 Å². The molecule has 5 heteroatoms. The van der Waals surface area contributed by atoms with Gasteiger partial charge in [-0.3, -0.25) is 4.90 Å². The third-order valence-corrected chi connectivity index (χ3v) is 4.95. The third-order valence-electron chi connectivity index (χ3n) is 4.95. The standard InChI is InChI=1S/C19H23N3O2/c1-19(8-15-3-4-17-18(7-15)24-14-23-17)5-2-6-22(12-19)11-16-9-20-13-21-10-16/h3-4,7,9-10,13H,2,5-6,8,11-12,14H2,1H3/t19-/m1/s1. The van der Waals surface area contributed by atoms with Crippen LogP contribution in [0, 0.1) is 5.41 Å². The van der Waals surface area contributed by atoms with E-state index >= 15 is 0 Å². The molecule has 0 amide bonds. The van der Waals surface area contributed by atoms with E-state index in [1.807, 2.05) is 18.5 Å². The van der Waals surface area contributed by atoms with E-state index < -0.39 is 0 Å². The fraction of sp³-hybridized carbons (Fsp3) is 0.474. The molecular weight excluding hydrogens is 302 g/mol. The number of ether oxygens (including phenoxy) is 2. The molecule has 1 saturated heterocycles. The van der Waals surface area contributed by atoms with Crippen molar-refractivity contribution in [3.05, 3.63) is 48.0 Å². The molecule has 1 atom stereocenters. The molecule has 1 aromatic heterocycles. The summed E-state index contributed by atoms with van der Waals surface area (Å²) < 4.78 is 10.9. The van der Waals surface area contributed by atoms with Gasteiger partial charge in [0.2, 0.25) is 6.79 Å². The molecule has 0 radical (unpaired) electrons. The molecule has 0 bridgehead atoms. The largest absolute Gasteiger partial charge is 0.454 e. The Labute approximate surface area is 142 Å². The number of nitrogens with zero attached hydrogens (tertiary/aromatic N) is 3. The van der Waals surface area contributed by atoms with E-state index in [1.165, 1.54) is 24.0 Å². The van der Waals surface area contributed by atoms with E-state index in [4.69, 9.17) is 9.47 Å². The van der Waals surface area contributed by atoms with Crippen LogP contribution in [0.4, 0.5) is 0 Å². The summed E-state index contributed by atoms with van der Waals surface area (Å²) >= 11 is 0. The summed E-state index contributed by atoms with van der Waals surface area (Å²) in [6.45, 7) is 5.90.